The summed E-state index contributed by atoms with van der Waals surface area (Å²) in [5, 5.41) is 3.45. The van der Waals surface area contributed by atoms with Gasteiger partial charge in [0.1, 0.15) is 0 Å². The summed E-state index contributed by atoms with van der Waals surface area (Å²) in [5.74, 6) is 6.30. The molecular weight excluding hydrogens is 210 g/mol. The molecule has 17 heavy (non-hydrogen) atoms. The van der Waals surface area contributed by atoms with Gasteiger partial charge in [0.2, 0.25) is 0 Å². The minimum Gasteiger partial charge on any atom is -0.380 e. The number of ether oxygens (including phenoxy) is 1. The van der Waals surface area contributed by atoms with Gasteiger partial charge in [-0.3, -0.25) is 0 Å². The van der Waals surface area contributed by atoms with Gasteiger partial charge in [-0.05, 0) is 31.4 Å². The van der Waals surface area contributed by atoms with Crippen molar-refractivity contribution in [2.45, 2.75) is 31.4 Å². The van der Waals surface area contributed by atoms with E-state index in [0.717, 1.165) is 12.1 Å². The van der Waals surface area contributed by atoms with Crippen LogP contribution in [-0.4, -0.2) is 25.8 Å². The smallest absolute Gasteiger partial charge is 0.0724 e. The van der Waals surface area contributed by atoms with Crippen molar-refractivity contribution < 1.29 is 4.74 Å². The maximum Gasteiger partial charge on any atom is 0.0724 e. The van der Waals surface area contributed by atoms with Gasteiger partial charge in [0.15, 0.2) is 0 Å². The minimum atomic E-state index is 0.369. The number of rotatable bonds is 3. The molecule has 0 heterocycles. The van der Waals surface area contributed by atoms with Gasteiger partial charge in [0.05, 0.1) is 12.6 Å². The van der Waals surface area contributed by atoms with Crippen LogP contribution in [0.15, 0.2) is 30.3 Å². The first-order chi connectivity index (χ1) is 8.40. The first-order valence-corrected chi connectivity index (χ1v) is 6.20. The molecule has 2 rings (SSSR count). The molecule has 1 aromatic carbocycles. The molecule has 2 nitrogen and oxygen atoms in total. The minimum absolute atomic E-state index is 0.369. The first-order valence-electron chi connectivity index (χ1n) is 6.20. The van der Waals surface area contributed by atoms with Gasteiger partial charge >= 0.3 is 0 Å². The lowest BCUT2D eigenvalue weighted by atomic mass is 10.2. The molecule has 1 aromatic rings. The summed E-state index contributed by atoms with van der Waals surface area (Å²) < 4.78 is 5.43. The molecule has 1 aliphatic carbocycles. The van der Waals surface area contributed by atoms with Gasteiger partial charge in [0, 0.05) is 18.7 Å². The summed E-state index contributed by atoms with van der Waals surface area (Å²) in [7, 11) is 1.79. The molecular formula is C15H19NO. The lowest BCUT2D eigenvalue weighted by Gasteiger charge is -2.17. The van der Waals surface area contributed by atoms with Gasteiger partial charge in [-0.15, -0.1) is 0 Å². The molecule has 90 valence electrons. The summed E-state index contributed by atoms with van der Waals surface area (Å²) in [6, 6.07) is 10.6. The zero-order valence-corrected chi connectivity index (χ0v) is 10.3. The van der Waals surface area contributed by atoms with Crippen molar-refractivity contribution >= 4 is 0 Å². The van der Waals surface area contributed by atoms with Crippen molar-refractivity contribution in [1.29, 1.82) is 0 Å². The average Bonchev–Trinajstić information content (AvgIpc) is 2.83. The molecule has 0 bridgehead atoms. The van der Waals surface area contributed by atoms with Crippen molar-refractivity contribution in [3.05, 3.63) is 35.9 Å². The van der Waals surface area contributed by atoms with Crippen LogP contribution in [0.25, 0.3) is 0 Å². The van der Waals surface area contributed by atoms with Crippen molar-refractivity contribution in [3.8, 4) is 11.8 Å². The summed E-state index contributed by atoms with van der Waals surface area (Å²) in [6.07, 6.45) is 3.99. The Bertz CT molecular complexity index is 390. The van der Waals surface area contributed by atoms with E-state index < -0.39 is 0 Å². The Morgan fingerprint density at radius 1 is 1.29 bits per heavy atom. The van der Waals surface area contributed by atoms with Crippen LogP contribution < -0.4 is 5.32 Å². The van der Waals surface area contributed by atoms with Crippen LogP contribution in [0.2, 0.25) is 0 Å². The van der Waals surface area contributed by atoms with Crippen molar-refractivity contribution in [2.24, 2.45) is 0 Å². The van der Waals surface area contributed by atoms with Crippen LogP contribution in [0.4, 0.5) is 0 Å². The highest BCUT2D eigenvalue weighted by atomic mass is 16.5. The number of benzene rings is 1. The van der Waals surface area contributed by atoms with E-state index in [2.05, 4.69) is 17.2 Å². The van der Waals surface area contributed by atoms with Gasteiger partial charge in [-0.25, -0.2) is 0 Å². The Hall–Kier alpha value is -1.30. The van der Waals surface area contributed by atoms with Gasteiger partial charge < -0.3 is 10.1 Å². The number of nitrogens with one attached hydrogen (secondary N) is 1. The molecule has 2 atom stereocenters. The molecule has 0 aromatic heterocycles. The third kappa shape index (κ3) is 3.59. The topological polar surface area (TPSA) is 21.3 Å². The first kappa shape index (κ1) is 12.2. The molecule has 0 amide bonds. The van der Waals surface area contributed by atoms with Gasteiger partial charge in [-0.1, -0.05) is 30.0 Å². The predicted molar refractivity (Wildman–Crippen MR) is 69.8 cm³/mol. The van der Waals surface area contributed by atoms with Gasteiger partial charge in [-0.2, -0.15) is 0 Å². The maximum absolute atomic E-state index is 5.43. The standard InChI is InChI=1S/C15H19NO/c1-17-15-11-5-10-14(15)16-12-6-9-13-7-3-2-4-8-13/h2-4,7-8,14-16H,5,10-12H2,1H3. The monoisotopic (exact) mass is 229 g/mol. The second kappa shape index (κ2) is 6.44. The summed E-state index contributed by atoms with van der Waals surface area (Å²) in [5.41, 5.74) is 1.07. The number of hydrogen-bond donors (Lipinski definition) is 1. The van der Waals surface area contributed by atoms with E-state index in [1.165, 1.54) is 19.3 Å². The Balaban J connectivity index is 1.78. The fourth-order valence-electron chi connectivity index (χ4n) is 2.29. The Kier molecular flexibility index (Phi) is 4.61. The summed E-state index contributed by atoms with van der Waals surface area (Å²) in [4.78, 5) is 0. The van der Waals surface area contributed by atoms with Crippen LogP contribution in [0.5, 0.6) is 0 Å². The van der Waals surface area contributed by atoms with E-state index >= 15 is 0 Å². The molecule has 1 fully saturated rings. The lowest BCUT2D eigenvalue weighted by molar-refractivity contribution is 0.0865. The average molecular weight is 229 g/mol. The fraction of sp³-hybridized carbons (Fsp3) is 0.467. The quantitative estimate of drug-likeness (QED) is 0.802. The molecule has 1 aliphatic rings. The SMILES string of the molecule is COC1CCCC1NCC#Cc1ccccc1. The van der Waals surface area contributed by atoms with Crippen LogP contribution >= 0.6 is 0 Å². The highest BCUT2D eigenvalue weighted by Gasteiger charge is 2.25. The van der Waals surface area contributed by atoms with Crippen molar-refractivity contribution in [3.63, 3.8) is 0 Å². The van der Waals surface area contributed by atoms with E-state index in [0.29, 0.717) is 12.1 Å². The van der Waals surface area contributed by atoms with Crippen molar-refractivity contribution in [1.82, 2.24) is 5.32 Å². The van der Waals surface area contributed by atoms with Crippen LogP contribution in [-0.2, 0) is 4.74 Å². The summed E-state index contributed by atoms with van der Waals surface area (Å²) >= 11 is 0. The Morgan fingerprint density at radius 3 is 2.88 bits per heavy atom. The fourth-order valence-corrected chi connectivity index (χ4v) is 2.29. The third-order valence-electron chi connectivity index (χ3n) is 3.21. The van der Waals surface area contributed by atoms with E-state index in [1.54, 1.807) is 7.11 Å². The number of methoxy groups -OCH3 is 1. The predicted octanol–water partition coefficient (Wildman–Crippen LogP) is 2.20. The third-order valence-corrected chi connectivity index (χ3v) is 3.21. The zero-order valence-electron chi connectivity index (χ0n) is 10.3. The molecule has 0 radical (unpaired) electrons. The van der Waals surface area contributed by atoms with Crippen LogP contribution in [0, 0.1) is 11.8 Å². The van der Waals surface area contributed by atoms with E-state index in [-0.39, 0.29) is 0 Å². The molecule has 0 spiro atoms. The highest BCUT2D eigenvalue weighted by Crippen LogP contribution is 2.20. The van der Waals surface area contributed by atoms with Crippen LogP contribution in [0.3, 0.4) is 0 Å². The van der Waals surface area contributed by atoms with E-state index in [9.17, 15) is 0 Å². The van der Waals surface area contributed by atoms with Gasteiger partial charge in [0.25, 0.3) is 0 Å². The largest absolute Gasteiger partial charge is 0.380 e. The molecule has 0 aliphatic heterocycles. The Morgan fingerprint density at radius 2 is 2.12 bits per heavy atom. The zero-order chi connectivity index (χ0) is 11.9. The normalized spacial score (nSPS) is 23.1. The highest BCUT2D eigenvalue weighted by molar-refractivity contribution is 5.33. The molecule has 2 unspecified atom stereocenters. The van der Waals surface area contributed by atoms with Crippen molar-refractivity contribution in [2.75, 3.05) is 13.7 Å². The molecule has 1 N–H and O–H groups in total. The molecule has 1 saturated carbocycles. The second-order valence-corrected chi connectivity index (χ2v) is 4.36. The summed E-state index contributed by atoms with van der Waals surface area (Å²) in [6.45, 7) is 0.736. The van der Waals surface area contributed by atoms with Crippen LogP contribution in [0.1, 0.15) is 24.8 Å². The van der Waals surface area contributed by atoms with E-state index in [1.807, 2.05) is 30.3 Å². The molecule has 0 saturated heterocycles. The maximum atomic E-state index is 5.43. The lowest BCUT2D eigenvalue weighted by Crippen LogP contribution is -2.36. The Labute approximate surface area is 103 Å². The molecule has 2 heteroatoms. The van der Waals surface area contributed by atoms with E-state index in [4.69, 9.17) is 4.74 Å². The second-order valence-electron chi connectivity index (χ2n) is 4.36. The number of hydrogen-bond acceptors (Lipinski definition) is 2.